The molecule has 0 aliphatic carbocycles. The van der Waals surface area contributed by atoms with Gasteiger partial charge >= 0.3 is 0 Å². The largest absolute Gasteiger partial charge is 0.493 e. The summed E-state index contributed by atoms with van der Waals surface area (Å²) in [6.45, 7) is 1.66. The van der Waals surface area contributed by atoms with Crippen LogP contribution in [0.15, 0.2) is 36.4 Å². The predicted molar refractivity (Wildman–Crippen MR) is 83.3 cm³/mol. The van der Waals surface area contributed by atoms with Gasteiger partial charge in [-0.05, 0) is 42.8 Å². The van der Waals surface area contributed by atoms with Crippen molar-refractivity contribution in [1.82, 2.24) is 0 Å². The van der Waals surface area contributed by atoms with Crippen molar-refractivity contribution in [2.45, 2.75) is 6.92 Å². The van der Waals surface area contributed by atoms with Crippen molar-refractivity contribution < 1.29 is 18.7 Å². The van der Waals surface area contributed by atoms with Gasteiger partial charge in [-0.2, -0.15) is 0 Å². The lowest BCUT2D eigenvalue weighted by Crippen LogP contribution is -2.21. The standard InChI is InChI=1S/C16H15ClFNO3/c1-10-3-6-14(15(7-10)21-2)22-9-16(20)19-13-5-4-11(17)8-12(13)18/h3-8H,9H2,1-2H3,(H,19,20). The first kappa shape index (κ1) is 16.1. The molecule has 0 spiro atoms. The summed E-state index contributed by atoms with van der Waals surface area (Å²) in [5.74, 6) is -0.108. The van der Waals surface area contributed by atoms with E-state index in [9.17, 15) is 9.18 Å². The number of carbonyl (C=O) groups excluding carboxylic acids is 1. The fraction of sp³-hybridized carbons (Fsp3) is 0.188. The SMILES string of the molecule is COc1cc(C)ccc1OCC(=O)Nc1ccc(Cl)cc1F. The minimum atomic E-state index is -0.603. The van der Waals surface area contributed by atoms with Crippen LogP contribution in [0.3, 0.4) is 0 Å². The topological polar surface area (TPSA) is 47.6 Å². The van der Waals surface area contributed by atoms with Crippen molar-refractivity contribution in [2.75, 3.05) is 19.0 Å². The van der Waals surface area contributed by atoms with Gasteiger partial charge in [0.15, 0.2) is 18.1 Å². The molecule has 0 radical (unpaired) electrons. The fourth-order valence-electron chi connectivity index (χ4n) is 1.81. The van der Waals surface area contributed by atoms with E-state index in [2.05, 4.69) is 5.32 Å². The Morgan fingerprint density at radius 3 is 2.68 bits per heavy atom. The summed E-state index contributed by atoms with van der Waals surface area (Å²) in [7, 11) is 1.52. The number of methoxy groups -OCH3 is 1. The lowest BCUT2D eigenvalue weighted by atomic mass is 10.2. The molecule has 2 rings (SSSR count). The number of hydrogen-bond acceptors (Lipinski definition) is 3. The van der Waals surface area contributed by atoms with Gasteiger partial charge in [0, 0.05) is 5.02 Å². The summed E-state index contributed by atoms with van der Waals surface area (Å²) in [5.41, 5.74) is 1.06. The highest BCUT2D eigenvalue weighted by atomic mass is 35.5. The minimum absolute atomic E-state index is 0.0499. The third-order valence-electron chi connectivity index (χ3n) is 2.88. The molecule has 2 aromatic rings. The highest BCUT2D eigenvalue weighted by Gasteiger charge is 2.10. The Hall–Kier alpha value is -2.27. The average Bonchev–Trinajstić information content (AvgIpc) is 2.48. The van der Waals surface area contributed by atoms with Crippen LogP contribution >= 0.6 is 11.6 Å². The maximum absolute atomic E-state index is 13.6. The van der Waals surface area contributed by atoms with E-state index in [4.69, 9.17) is 21.1 Å². The molecule has 1 amide bonds. The van der Waals surface area contributed by atoms with Crippen molar-refractivity contribution >= 4 is 23.2 Å². The Kier molecular flexibility index (Phi) is 5.22. The van der Waals surface area contributed by atoms with Gasteiger partial charge in [0.25, 0.3) is 5.91 Å². The van der Waals surface area contributed by atoms with Crippen molar-refractivity contribution in [2.24, 2.45) is 0 Å². The average molecular weight is 324 g/mol. The Labute approximate surface area is 132 Å². The quantitative estimate of drug-likeness (QED) is 0.910. The van der Waals surface area contributed by atoms with E-state index in [1.807, 2.05) is 13.0 Å². The highest BCUT2D eigenvalue weighted by molar-refractivity contribution is 6.30. The van der Waals surface area contributed by atoms with Gasteiger partial charge in [0.05, 0.1) is 12.8 Å². The number of benzene rings is 2. The molecule has 116 valence electrons. The summed E-state index contributed by atoms with van der Waals surface area (Å²) >= 11 is 5.65. The maximum atomic E-state index is 13.6. The van der Waals surface area contributed by atoms with Crippen LogP contribution in [-0.4, -0.2) is 19.6 Å². The van der Waals surface area contributed by atoms with Crippen LogP contribution in [0.1, 0.15) is 5.56 Å². The molecular weight excluding hydrogens is 309 g/mol. The van der Waals surface area contributed by atoms with Crippen molar-refractivity contribution in [3.63, 3.8) is 0 Å². The number of anilines is 1. The Bertz CT molecular complexity index is 691. The van der Waals surface area contributed by atoms with Gasteiger partial charge in [0.1, 0.15) is 5.82 Å². The molecule has 4 nitrogen and oxygen atoms in total. The summed E-state index contributed by atoms with van der Waals surface area (Å²) < 4.78 is 24.1. The summed E-state index contributed by atoms with van der Waals surface area (Å²) in [6.07, 6.45) is 0. The highest BCUT2D eigenvalue weighted by Crippen LogP contribution is 2.27. The molecule has 2 aromatic carbocycles. The van der Waals surface area contributed by atoms with Crippen LogP contribution in [0.25, 0.3) is 0 Å². The lowest BCUT2D eigenvalue weighted by Gasteiger charge is -2.11. The van der Waals surface area contributed by atoms with E-state index in [0.29, 0.717) is 11.5 Å². The normalized spacial score (nSPS) is 10.2. The predicted octanol–water partition coefficient (Wildman–Crippen LogP) is 3.81. The molecule has 0 atom stereocenters. The first-order valence-electron chi connectivity index (χ1n) is 6.52. The molecular formula is C16H15ClFNO3. The molecule has 0 aliphatic heterocycles. The van der Waals surface area contributed by atoms with Crippen molar-refractivity contribution in [1.29, 1.82) is 0 Å². The van der Waals surface area contributed by atoms with Crippen LogP contribution < -0.4 is 14.8 Å². The zero-order valence-corrected chi connectivity index (χ0v) is 12.9. The van der Waals surface area contributed by atoms with Gasteiger partial charge in [-0.1, -0.05) is 17.7 Å². The number of carbonyl (C=O) groups is 1. The molecule has 0 heterocycles. The third kappa shape index (κ3) is 4.11. The molecule has 0 saturated carbocycles. The fourth-order valence-corrected chi connectivity index (χ4v) is 1.97. The van der Waals surface area contributed by atoms with Gasteiger partial charge < -0.3 is 14.8 Å². The molecule has 22 heavy (non-hydrogen) atoms. The molecule has 1 N–H and O–H groups in total. The first-order valence-corrected chi connectivity index (χ1v) is 6.89. The van der Waals surface area contributed by atoms with Crippen LogP contribution in [0.5, 0.6) is 11.5 Å². The minimum Gasteiger partial charge on any atom is -0.493 e. The number of nitrogens with one attached hydrogen (secondary N) is 1. The molecule has 0 unspecified atom stereocenters. The van der Waals surface area contributed by atoms with Crippen LogP contribution in [0, 0.1) is 12.7 Å². The van der Waals surface area contributed by atoms with E-state index in [0.717, 1.165) is 11.6 Å². The molecule has 0 bridgehead atoms. The lowest BCUT2D eigenvalue weighted by molar-refractivity contribution is -0.118. The number of hydrogen-bond donors (Lipinski definition) is 1. The second kappa shape index (κ2) is 7.13. The molecule has 6 heteroatoms. The molecule has 0 saturated heterocycles. The van der Waals surface area contributed by atoms with Crippen molar-refractivity contribution in [3.8, 4) is 11.5 Å². The number of aryl methyl sites for hydroxylation is 1. The monoisotopic (exact) mass is 323 g/mol. The van der Waals surface area contributed by atoms with Gasteiger partial charge in [-0.15, -0.1) is 0 Å². The second-order valence-electron chi connectivity index (χ2n) is 4.62. The Morgan fingerprint density at radius 2 is 2.00 bits per heavy atom. The number of rotatable bonds is 5. The van der Waals surface area contributed by atoms with E-state index in [-0.39, 0.29) is 17.3 Å². The Morgan fingerprint density at radius 1 is 1.23 bits per heavy atom. The van der Waals surface area contributed by atoms with Crippen LogP contribution in [0.2, 0.25) is 5.02 Å². The molecule has 0 aliphatic rings. The van der Waals surface area contributed by atoms with E-state index < -0.39 is 11.7 Å². The van der Waals surface area contributed by atoms with E-state index in [1.165, 1.54) is 19.2 Å². The zero-order valence-electron chi connectivity index (χ0n) is 12.2. The Balaban J connectivity index is 1.98. The third-order valence-corrected chi connectivity index (χ3v) is 3.12. The number of ether oxygens (including phenoxy) is 2. The smallest absolute Gasteiger partial charge is 0.262 e. The number of amides is 1. The van der Waals surface area contributed by atoms with Crippen molar-refractivity contribution in [3.05, 3.63) is 52.8 Å². The van der Waals surface area contributed by atoms with Crippen LogP contribution in [0.4, 0.5) is 10.1 Å². The van der Waals surface area contributed by atoms with Crippen LogP contribution in [-0.2, 0) is 4.79 Å². The second-order valence-corrected chi connectivity index (χ2v) is 5.05. The summed E-state index contributed by atoms with van der Waals surface area (Å²) in [4.78, 5) is 11.8. The molecule has 0 aromatic heterocycles. The summed E-state index contributed by atoms with van der Waals surface area (Å²) in [5, 5.41) is 2.68. The zero-order chi connectivity index (χ0) is 16.1. The van der Waals surface area contributed by atoms with E-state index >= 15 is 0 Å². The van der Waals surface area contributed by atoms with Gasteiger partial charge in [-0.3, -0.25) is 4.79 Å². The maximum Gasteiger partial charge on any atom is 0.262 e. The molecule has 0 fully saturated rings. The van der Waals surface area contributed by atoms with Gasteiger partial charge in [-0.25, -0.2) is 4.39 Å². The van der Waals surface area contributed by atoms with E-state index in [1.54, 1.807) is 12.1 Å². The first-order chi connectivity index (χ1) is 10.5. The summed E-state index contributed by atoms with van der Waals surface area (Å²) in [6, 6.07) is 9.36. The van der Waals surface area contributed by atoms with Gasteiger partial charge in [0.2, 0.25) is 0 Å². The number of halogens is 2.